The number of carbonyl (C=O) groups excluding carboxylic acids is 1. The fourth-order valence-electron chi connectivity index (χ4n) is 2.39. The average Bonchev–Trinajstić information content (AvgIpc) is 3.03. The number of likely N-dealkylation sites (N-methyl/N-ethyl adjacent to an activating group) is 1. The molecule has 1 atom stereocenters. The van der Waals surface area contributed by atoms with E-state index in [0.717, 1.165) is 11.1 Å². The summed E-state index contributed by atoms with van der Waals surface area (Å²) in [5.41, 5.74) is 1.75. The molecule has 24 heavy (non-hydrogen) atoms. The van der Waals surface area contributed by atoms with Gasteiger partial charge in [0.05, 0.1) is 0 Å². The van der Waals surface area contributed by atoms with E-state index in [4.69, 9.17) is 11.6 Å². The highest BCUT2D eigenvalue weighted by Crippen LogP contribution is 2.19. The standard InChI is InChI=1S/C17H22ClN5O/c1-5-15(17(24)22(6-2)11-12(3)4)23-20-16(19-21-23)13-7-9-14(18)10-8-13/h7-10,15H,3,5-6,11H2,1-2,4H3. The number of hydrogen-bond donors (Lipinski definition) is 0. The van der Waals surface area contributed by atoms with E-state index in [-0.39, 0.29) is 5.91 Å². The van der Waals surface area contributed by atoms with E-state index in [1.54, 1.807) is 17.0 Å². The number of aromatic nitrogens is 4. The van der Waals surface area contributed by atoms with Gasteiger partial charge in [0.1, 0.15) is 0 Å². The topological polar surface area (TPSA) is 63.9 Å². The first-order chi connectivity index (χ1) is 11.5. The lowest BCUT2D eigenvalue weighted by Gasteiger charge is -2.25. The van der Waals surface area contributed by atoms with Gasteiger partial charge in [0.25, 0.3) is 0 Å². The summed E-state index contributed by atoms with van der Waals surface area (Å²) in [5.74, 6) is 0.448. The van der Waals surface area contributed by atoms with E-state index in [9.17, 15) is 4.79 Å². The van der Waals surface area contributed by atoms with Gasteiger partial charge in [-0.2, -0.15) is 4.80 Å². The highest BCUT2D eigenvalue weighted by molar-refractivity contribution is 6.30. The molecule has 1 aromatic heterocycles. The maximum Gasteiger partial charge on any atom is 0.249 e. The molecule has 2 rings (SSSR count). The number of tetrazole rings is 1. The van der Waals surface area contributed by atoms with Crippen molar-refractivity contribution in [2.75, 3.05) is 13.1 Å². The van der Waals surface area contributed by atoms with E-state index in [1.807, 2.05) is 32.9 Å². The summed E-state index contributed by atoms with van der Waals surface area (Å²) >= 11 is 5.89. The maximum absolute atomic E-state index is 12.8. The van der Waals surface area contributed by atoms with Crippen molar-refractivity contribution in [3.63, 3.8) is 0 Å². The first kappa shape index (κ1) is 18.1. The molecule has 1 amide bonds. The molecule has 6 nitrogen and oxygen atoms in total. The second-order valence-electron chi connectivity index (χ2n) is 5.67. The molecule has 1 unspecified atom stereocenters. The zero-order valence-electron chi connectivity index (χ0n) is 14.2. The number of halogens is 1. The number of rotatable bonds is 7. The zero-order valence-corrected chi connectivity index (χ0v) is 15.0. The molecule has 0 saturated heterocycles. The molecular weight excluding hydrogens is 326 g/mol. The van der Waals surface area contributed by atoms with Gasteiger partial charge in [0.2, 0.25) is 11.7 Å². The van der Waals surface area contributed by atoms with Crippen molar-refractivity contribution >= 4 is 17.5 Å². The summed E-state index contributed by atoms with van der Waals surface area (Å²) in [4.78, 5) is 15.9. The van der Waals surface area contributed by atoms with Gasteiger partial charge in [-0.15, -0.1) is 10.2 Å². The third-order valence-electron chi connectivity index (χ3n) is 3.64. The quantitative estimate of drug-likeness (QED) is 0.720. The Balaban J connectivity index is 2.23. The first-order valence-electron chi connectivity index (χ1n) is 7.94. The number of benzene rings is 1. The SMILES string of the molecule is C=C(C)CN(CC)C(=O)C(CC)n1nnc(-c2ccc(Cl)cc2)n1. The number of amides is 1. The average molecular weight is 348 g/mol. The van der Waals surface area contributed by atoms with Gasteiger partial charge in [-0.25, -0.2) is 0 Å². The molecule has 128 valence electrons. The predicted molar refractivity (Wildman–Crippen MR) is 94.7 cm³/mol. The molecule has 0 bridgehead atoms. The second-order valence-corrected chi connectivity index (χ2v) is 6.11. The van der Waals surface area contributed by atoms with Crippen LogP contribution in [-0.2, 0) is 4.79 Å². The fourth-order valence-corrected chi connectivity index (χ4v) is 2.52. The van der Waals surface area contributed by atoms with Crippen LogP contribution in [0.3, 0.4) is 0 Å². The van der Waals surface area contributed by atoms with Crippen LogP contribution in [-0.4, -0.2) is 44.1 Å². The second kappa shape index (κ2) is 8.06. The van der Waals surface area contributed by atoms with Crippen molar-refractivity contribution in [3.8, 4) is 11.4 Å². The Morgan fingerprint density at radius 1 is 1.33 bits per heavy atom. The molecule has 1 aromatic carbocycles. The zero-order chi connectivity index (χ0) is 17.7. The molecule has 7 heteroatoms. The fraction of sp³-hybridized carbons (Fsp3) is 0.412. The summed E-state index contributed by atoms with van der Waals surface area (Å²) in [5, 5.41) is 13.2. The lowest BCUT2D eigenvalue weighted by Crippen LogP contribution is -2.38. The molecule has 1 heterocycles. The lowest BCUT2D eigenvalue weighted by atomic mass is 10.2. The molecule has 0 aliphatic heterocycles. The van der Waals surface area contributed by atoms with Crippen LogP contribution in [0.1, 0.15) is 33.2 Å². The van der Waals surface area contributed by atoms with Crippen LogP contribution in [0.4, 0.5) is 0 Å². The minimum Gasteiger partial charge on any atom is -0.337 e. The van der Waals surface area contributed by atoms with Crippen LogP contribution in [0.2, 0.25) is 5.02 Å². The van der Waals surface area contributed by atoms with Gasteiger partial charge in [0, 0.05) is 23.7 Å². The van der Waals surface area contributed by atoms with Gasteiger partial charge in [-0.1, -0.05) is 30.7 Å². The minimum atomic E-state index is -0.474. The third kappa shape index (κ3) is 4.20. The Kier molecular flexibility index (Phi) is 6.09. The Morgan fingerprint density at radius 2 is 2.00 bits per heavy atom. The van der Waals surface area contributed by atoms with Gasteiger partial charge in [0.15, 0.2) is 6.04 Å². The summed E-state index contributed by atoms with van der Waals surface area (Å²) in [7, 11) is 0. The van der Waals surface area contributed by atoms with Crippen molar-refractivity contribution in [1.82, 2.24) is 25.1 Å². The predicted octanol–water partition coefficient (Wildman–Crippen LogP) is 3.37. The van der Waals surface area contributed by atoms with Crippen LogP contribution in [0.15, 0.2) is 36.4 Å². The smallest absolute Gasteiger partial charge is 0.249 e. The molecular formula is C17H22ClN5O. The Bertz CT molecular complexity index is 710. The summed E-state index contributed by atoms with van der Waals surface area (Å²) < 4.78 is 0. The minimum absolute atomic E-state index is 0.0249. The molecule has 0 N–H and O–H groups in total. The molecule has 0 fully saturated rings. The molecule has 0 spiro atoms. The summed E-state index contributed by atoms with van der Waals surface area (Å²) in [6.07, 6.45) is 0.585. The molecule has 0 aliphatic rings. The Morgan fingerprint density at radius 3 is 2.54 bits per heavy atom. The summed E-state index contributed by atoms with van der Waals surface area (Å²) in [6, 6.07) is 6.72. The van der Waals surface area contributed by atoms with Crippen molar-refractivity contribution in [2.45, 2.75) is 33.2 Å². The van der Waals surface area contributed by atoms with Crippen LogP contribution >= 0.6 is 11.6 Å². The van der Waals surface area contributed by atoms with E-state index >= 15 is 0 Å². The normalized spacial score (nSPS) is 12.0. The van der Waals surface area contributed by atoms with Crippen molar-refractivity contribution < 1.29 is 4.79 Å². The van der Waals surface area contributed by atoms with Crippen molar-refractivity contribution in [3.05, 3.63) is 41.4 Å². The molecule has 0 radical (unpaired) electrons. The first-order valence-corrected chi connectivity index (χ1v) is 8.32. The number of carbonyl (C=O) groups is 1. The highest BCUT2D eigenvalue weighted by Gasteiger charge is 2.26. The number of nitrogens with zero attached hydrogens (tertiary/aromatic N) is 5. The maximum atomic E-state index is 12.8. The monoisotopic (exact) mass is 347 g/mol. The van der Waals surface area contributed by atoms with Crippen LogP contribution in [0, 0.1) is 0 Å². The van der Waals surface area contributed by atoms with E-state index in [2.05, 4.69) is 22.0 Å². The third-order valence-corrected chi connectivity index (χ3v) is 3.89. The molecule has 0 saturated carbocycles. The van der Waals surface area contributed by atoms with E-state index in [0.29, 0.717) is 30.4 Å². The highest BCUT2D eigenvalue weighted by atomic mass is 35.5. The Labute approximate surface area is 147 Å². The van der Waals surface area contributed by atoms with E-state index in [1.165, 1.54) is 4.80 Å². The summed E-state index contributed by atoms with van der Waals surface area (Å²) in [6.45, 7) is 10.8. The van der Waals surface area contributed by atoms with E-state index < -0.39 is 6.04 Å². The van der Waals surface area contributed by atoms with Gasteiger partial charge in [-0.05, 0) is 49.7 Å². The van der Waals surface area contributed by atoms with Gasteiger partial charge >= 0.3 is 0 Å². The van der Waals surface area contributed by atoms with Crippen LogP contribution in [0.5, 0.6) is 0 Å². The Hall–Kier alpha value is -2.21. The van der Waals surface area contributed by atoms with Gasteiger partial charge in [-0.3, -0.25) is 4.79 Å². The van der Waals surface area contributed by atoms with Gasteiger partial charge < -0.3 is 4.90 Å². The molecule has 0 aliphatic carbocycles. The van der Waals surface area contributed by atoms with Crippen molar-refractivity contribution in [1.29, 1.82) is 0 Å². The lowest BCUT2D eigenvalue weighted by molar-refractivity contribution is -0.135. The van der Waals surface area contributed by atoms with Crippen molar-refractivity contribution in [2.24, 2.45) is 0 Å². The molecule has 2 aromatic rings. The largest absolute Gasteiger partial charge is 0.337 e. The number of hydrogen-bond acceptors (Lipinski definition) is 4. The van der Waals surface area contributed by atoms with Crippen LogP contribution in [0.25, 0.3) is 11.4 Å². The van der Waals surface area contributed by atoms with Crippen LogP contribution < -0.4 is 0 Å².